The molecule has 1 aromatic rings. The number of anilines is 1. The molecule has 0 bridgehead atoms. The van der Waals surface area contributed by atoms with Gasteiger partial charge in [0.25, 0.3) is 5.91 Å². The van der Waals surface area contributed by atoms with Crippen LogP contribution in [0.4, 0.5) is 10.5 Å². The van der Waals surface area contributed by atoms with Gasteiger partial charge in [0.05, 0.1) is 0 Å². The zero-order valence-corrected chi connectivity index (χ0v) is 14.2. The molecule has 130 valence electrons. The van der Waals surface area contributed by atoms with Crippen molar-refractivity contribution in [3.05, 3.63) is 29.8 Å². The molecule has 0 atom stereocenters. The number of nitrogens with one attached hydrogen (secondary N) is 2. The molecule has 1 heterocycles. The van der Waals surface area contributed by atoms with E-state index in [1.54, 1.807) is 34.1 Å². The standard InChI is InChI=1S/C17H24N4O3/c1-3-8-18-17(24)21-11-9-20(10-12-21)16(23)14-4-6-15(7-5-14)19-13(2)22/h4-7H,3,8-12H2,1-2H3,(H,18,24)(H,19,22). The van der Waals surface area contributed by atoms with Crippen molar-refractivity contribution in [1.29, 1.82) is 0 Å². The Kier molecular flexibility index (Phi) is 6.17. The molecule has 1 aliphatic heterocycles. The van der Waals surface area contributed by atoms with Gasteiger partial charge in [-0.3, -0.25) is 9.59 Å². The summed E-state index contributed by atoms with van der Waals surface area (Å²) in [7, 11) is 0. The second-order valence-electron chi connectivity index (χ2n) is 5.77. The van der Waals surface area contributed by atoms with Gasteiger partial charge in [0, 0.05) is 50.9 Å². The number of hydrogen-bond acceptors (Lipinski definition) is 3. The van der Waals surface area contributed by atoms with Gasteiger partial charge < -0.3 is 20.4 Å². The van der Waals surface area contributed by atoms with Gasteiger partial charge in [-0.05, 0) is 30.7 Å². The topological polar surface area (TPSA) is 81.8 Å². The molecule has 0 spiro atoms. The highest BCUT2D eigenvalue weighted by Crippen LogP contribution is 2.13. The maximum atomic E-state index is 12.5. The lowest BCUT2D eigenvalue weighted by Gasteiger charge is -2.34. The number of carbonyl (C=O) groups excluding carboxylic acids is 3. The molecule has 1 aliphatic rings. The van der Waals surface area contributed by atoms with E-state index in [9.17, 15) is 14.4 Å². The first-order chi connectivity index (χ1) is 11.5. The summed E-state index contributed by atoms with van der Waals surface area (Å²) in [5, 5.41) is 5.52. The van der Waals surface area contributed by atoms with Crippen LogP contribution in [0.1, 0.15) is 30.6 Å². The molecule has 0 unspecified atom stereocenters. The molecule has 7 nitrogen and oxygen atoms in total. The Hall–Kier alpha value is -2.57. The third-order valence-corrected chi connectivity index (χ3v) is 3.83. The van der Waals surface area contributed by atoms with Gasteiger partial charge in [-0.15, -0.1) is 0 Å². The van der Waals surface area contributed by atoms with Crippen LogP contribution in [-0.2, 0) is 4.79 Å². The van der Waals surface area contributed by atoms with Crippen LogP contribution in [0.5, 0.6) is 0 Å². The van der Waals surface area contributed by atoms with Crippen molar-refractivity contribution >= 4 is 23.5 Å². The molecule has 2 N–H and O–H groups in total. The Morgan fingerprint density at radius 2 is 1.58 bits per heavy atom. The predicted octanol–water partition coefficient (Wildman–Crippen LogP) is 1.52. The summed E-state index contributed by atoms with van der Waals surface area (Å²) in [6, 6.07) is 6.76. The highest BCUT2D eigenvalue weighted by molar-refractivity contribution is 5.95. The number of hydrogen-bond donors (Lipinski definition) is 2. The van der Waals surface area contributed by atoms with Crippen LogP contribution in [-0.4, -0.2) is 60.4 Å². The smallest absolute Gasteiger partial charge is 0.317 e. The number of urea groups is 1. The van der Waals surface area contributed by atoms with Crippen LogP contribution in [0, 0.1) is 0 Å². The number of piperazine rings is 1. The van der Waals surface area contributed by atoms with Crippen molar-refractivity contribution in [3.8, 4) is 0 Å². The summed E-state index contributed by atoms with van der Waals surface area (Å²) in [4.78, 5) is 38.9. The van der Waals surface area contributed by atoms with E-state index in [2.05, 4.69) is 10.6 Å². The average molecular weight is 332 g/mol. The summed E-state index contributed by atoms with van der Waals surface area (Å²) >= 11 is 0. The SMILES string of the molecule is CCCNC(=O)N1CCN(C(=O)c2ccc(NC(C)=O)cc2)CC1. The van der Waals surface area contributed by atoms with Gasteiger partial charge in [0.2, 0.25) is 5.91 Å². The first-order valence-corrected chi connectivity index (χ1v) is 8.21. The normalized spacial score (nSPS) is 14.2. The first-order valence-electron chi connectivity index (χ1n) is 8.21. The summed E-state index contributed by atoms with van der Waals surface area (Å²) < 4.78 is 0. The Labute approximate surface area is 142 Å². The van der Waals surface area contributed by atoms with Gasteiger partial charge in [-0.2, -0.15) is 0 Å². The Balaban J connectivity index is 1.88. The van der Waals surface area contributed by atoms with Crippen molar-refractivity contribution < 1.29 is 14.4 Å². The van der Waals surface area contributed by atoms with Crippen LogP contribution >= 0.6 is 0 Å². The summed E-state index contributed by atoms with van der Waals surface area (Å²) in [5.74, 6) is -0.204. The molecule has 2 rings (SSSR count). The lowest BCUT2D eigenvalue weighted by molar-refractivity contribution is -0.114. The van der Waals surface area contributed by atoms with E-state index in [0.717, 1.165) is 6.42 Å². The highest BCUT2D eigenvalue weighted by atomic mass is 16.2. The zero-order valence-electron chi connectivity index (χ0n) is 14.2. The minimum Gasteiger partial charge on any atom is -0.338 e. The molecule has 7 heteroatoms. The zero-order chi connectivity index (χ0) is 17.5. The largest absolute Gasteiger partial charge is 0.338 e. The van der Waals surface area contributed by atoms with E-state index >= 15 is 0 Å². The fourth-order valence-electron chi connectivity index (χ4n) is 2.54. The van der Waals surface area contributed by atoms with Gasteiger partial charge in [-0.1, -0.05) is 6.92 Å². The molecule has 0 radical (unpaired) electrons. The summed E-state index contributed by atoms with van der Waals surface area (Å²) in [5.41, 5.74) is 1.24. The lowest BCUT2D eigenvalue weighted by Crippen LogP contribution is -2.53. The van der Waals surface area contributed by atoms with Crippen molar-refractivity contribution in [1.82, 2.24) is 15.1 Å². The first kappa shape index (κ1) is 17.8. The van der Waals surface area contributed by atoms with Crippen molar-refractivity contribution in [2.45, 2.75) is 20.3 Å². The second kappa shape index (κ2) is 8.33. The number of rotatable bonds is 4. The van der Waals surface area contributed by atoms with E-state index in [1.165, 1.54) is 6.92 Å². The third-order valence-electron chi connectivity index (χ3n) is 3.83. The molecule has 4 amide bonds. The van der Waals surface area contributed by atoms with E-state index in [-0.39, 0.29) is 17.8 Å². The van der Waals surface area contributed by atoms with Crippen LogP contribution in [0.3, 0.4) is 0 Å². The van der Waals surface area contributed by atoms with E-state index < -0.39 is 0 Å². The van der Waals surface area contributed by atoms with Crippen molar-refractivity contribution in [2.24, 2.45) is 0 Å². The van der Waals surface area contributed by atoms with Crippen LogP contribution in [0.2, 0.25) is 0 Å². The quantitative estimate of drug-likeness (QED) is 0.877. The van der Waals surface area contributed by atoms with Crippen LogP contribution in [0.15, 0.2) is 24.3 Å². The number of amides is 4. The van der Waals surface area contributed by atoms with Gasteiger partial charge >= 0.3 is 6.03 Å². The maximum Gasteiger partial charge on any atom is 0.317 e. The average Bonchev–Trinajstić information content (AvgIpc) is 2.59. The molecule has 1 aromatic carbocycles. The molecule has 1 saturated heterocycles. The maximum absolute atomic E-state index is 12.5. The molecular formula is C17H24N4O3. The minimum atomic E-state index is -0.147. The highest BCUT2D eigenvalue weighted by Gasteiger charge is 2.24. The monoisotopic (exact) mass is 332 g/mol. The Morgan fingerprint density at radius 3 is 2.12 bits per heavy atom. The fourth-order valence-corrected chi connectivity index (χ4v) is 2.54. The molecule has 0 saturated carbocycles. The third kappa shape index (κ3) is 4.71. The van der Waals surface area contributed by atoms with Crippen LogP contribution < -0.4 is 10.6 Å². The van der Waals surface area contributed by atoms with E-state index in [4.69, 9.17) is 0 Å². The minimum absolute atomic E-state index is 0.0574. The fraction of sp³-hybridized carbons (Fsp3) is 0.471. The van der Waals surface area contributed by atoms with Gasteiger partial charge in [0.15, 0.2) is 0 Å². The van der Waals surface area contributed by atoms with Crippen LogP contribution in [0.25, 0.3) is 0 Å². The summed E-state index contributed by atoms with van der Waals surface area (Å²) in [6.07, 6.45) is 0.901. The van der Waals surface area contributed by atoms with Gasteiger partial charge in [0.1, 0.15) is 0 Å². The molecule has 0 aliphatic carbocycles. The number of carbonyl (C=O) groups is 3. The second-order valence-corrected chi connectivity index (χ2v) is 5.77. The van der Waals surface area contributed by atoms with E-state index in [0.29, 0.717) is 44.0 Å². The van der Waals surface area contributed by atoms with Crippen molar-refractivity contribution in [2.75, 3.05) is 38.0 Å². The number of nitrogens with zero attached hydrogens (tertiary/aromatic N) is 2. The molecule has 1 fully saturated rings. The molecule has 24 heavy (non-hydrogen) atoms. The Morgan fingerprint density at radius 1 is 1.00 bits per heavy atom. The lowest BCUT2D eigenvalue weighted by atomic mass is 10.1. The van der Waals surface area contributed by atoms with Gasteiger partial charge in [-0.25, -0.2) is 4.79 Å². The molecular weight excluding hydrogens is 308 g/mol. The molecule has 0 aromatic heterocycles. The van der Waals surface area contributed by atoms with E-state index in [1.807, 2.05) is 6.92 Å². The predicted molar refractivity (Wildman–Crippen MR) is 91.9 cm³/mol. The Bertz CT molecular complexity index is 592. The number of benzene rings is 1. The summed E-state index contributed by atoms with van der Waals surface area (Å²) in [6.45, 7) is 6.22. The van der Waals surface area contributed by atoms with Crippen molar-refractivity contribution in [3.63, 3.8) is 0 Å².